The molecule has 1 heterocycles. The van der Waals surface area contributed by atoms with E-state index in [0.29, 0.717) is 12.3 Å². The molecule has 1 amide bonds. The Morgan fingerprint density at radius 2 is 2.15 bits per heavy atom. The largest absolute Gasteiger partial charge is 0.494 e. The van der Waals surface area contributed by atoms with Crippen LogP contribution in [0.5, 0.6) is 5.75 Å². The van der Waals surface area contributed by atoms with Crippen LogP contribution in [0.3, 0.4) is 0 Å². The second kappa shape index (κ2) is 8.46. The summed E-state index contributed by atoms with van der Waals surface area (Å²) in [4.78, 5) is 12.2. The molecule has 2 aromatic carbocycles. The molecule has 0 bridgehead atoms. The molecular weight excluding hydrogens is 371 g/mol. The lowest BCUT2D eigenvalue weighted by atomic mass is 10.1. The van der Waals surface area contributed by atoms with E-state index in [2.05, 4.69) is 20.7 Å². The highest BCUT2D eigenvalue weighted by Gasteiger charge is 2.11. The molecule has 3 rings (SSSR count). The van der Waals surface area contributed by atoms with E-state index in [9.17, 15) is 9.18 Å². The van der Waals surface area contributed by atoms with Crippen molar-refractivity contribution in [3.8, 4) is 17.0 Å². The zero-order valence-corrected chi connectivity index (χ0v) is 15.1. The maximum Gasteiger partial charge on any atom is 0.289 e. The molecule has 138 valence electrons. The highest BCUT2D eigenvalue weighted by molar-refractivity contribution is 6.33. The molecule has 1 aromatic heterocycles. The SMILES string of the molecule is CCOc1cccc(-c2cc(C(=O)N/N=C\c3c(F)cccc3Cl)[nH]n2)c1. The zero-order valence-electron chi connectivity index (χ0n) is 14.4. The predicted molar refractivity (Wildman–Crippen MR) is 102 cm³/mol. The fourth-order valence-electron chi connectivity index (χ4n) is 2.35. The number of nitrogens with one attached hydrogen (secondary N) is 2. The average Bonchev–Trinajstić information content (AvgIpc) is 3.15. The monoisotopic (exact) mass is 386 g/mol. The van der Waals surface area contributed by atoms with Gasteiger partial charge < -0.3 is 4.74 Å². The van der Waals surface area contributed by atoms with Crippen molar-refractivity contribution in [2.24, 2.45) is 5.10 Å². The molecule has 0 spiro atoms. The van der Waals surface area contributed by atoms with Gasteiger partial charge in [0, 0.05) is 11.1 Å². The van der Waals surface area contributed by atoms with Crippen molar-refractivity contribution >= 4 is 23.7 Å². The maximum absolute atomic E-state index is 13.7. The molecular formula is C19H16ClFN4O2. The van der Waals surface area contributed by atoms with Crippen molar-refractivity contribution in [2.45, 2.75) is 6.92 Å². The summed E-state index contributed by atoms with van der Waals surface area (Å²) in [5.74, 6) is -0.327. The molecule has 27 heavy (non-hydrogen) atoms. The van der Waals surface area contributed by atoms with Crippen molar-refractivity contribution in [1.29, 1.82) is 0 Å². The van der Waals surface area contributed by atoms with E-state index in [1.54, 1.807) is 6.07 Å². The van der Waals surface area contributed by atoms with Crippen LogP contribution in [0, 0.1) is 5.82 Å². The summed E-state index contributed by atoms with van der Waals surface area (Å²) in [6, 6.07) is 13.2. The first-order valence-electron chi connectivity index (χ1n) is 8.14. The van der Waals surface area contributed by atoms with Gasteiger partial charge in [0.2, 0.25) is 0 Å². The molecule has 0 saturated heterocycles. The Hall–Kier alpha value is -3.19. The number of hydrogen-bond acceptors (Lipinski definition) is 4. The van der Waals surface area contributed by atoms with Gasteiger partial charge >= 0.3 is 0 Å². The van der Waals surface area contributed by atoms with Gasteiger partial charge in [0.25, 0.3) is 5.91 Å². The third-order valence-electron chi connectivity index (χ3n) is 3.62. The van der Waals surface area contributed by atoms with Gasteiger partial charge in [-0.15, -0.1) is 0 Å². The minimum Gasteiger partial charge on any atom is -0.494 e. The number of H-pyrrole nitrogens is 1. The number of ether oxygens (including phenoxy) is 1. The minimum atomic E-state index is -0.529. The second-order valence-electron chi connectivity index (χ2n) is 5.46. The van der Waals surface area contributed by atoms with Crippen molar-refractivity contribution in [3.05, 3.63) is 70.6 Å². The van der Waals surface area contributed by atoms with E-state index in [1.165, 1.54) is 18.2 Å². The predicted octanol–water partition coefficient (Wildman–Crippen LogP) is 4.03. The van der Waals surface area contributed by atoms with Gasteiger partial charge in [-0.05, 0) is 37.3 Å². The van der Waals surface area contributed by atoms with Crippen LogP contribution < -0.4 is 10.2 Å². The van der Waals surface area contributed by atoms with E-state index in [0.717, 1.165) is 17.5 Å². The highest BCUT2D eigenvalue weighted by atomic mass is 35.5. The number of aromatic amines is 1. The molecule has 0 radical (unpaired) electrons. The van der Waals surface area contributed by atoms with Crippen LogP contribution in [0.15, 0.2) is 53.6 Å². The van der Waals surface area contributed by atoms with Crippen LogP contribution in [-0.2, 0) is 0 Å². The first kappa shape index (κ1) is 18.6. The number of halogens is 2. The van der Waals surface area contributed by atoms with Crippen LogP contribution in [-0.4, -0.2) is 28.9 Å². The number of carbonyl (C=O) groups excluding carboxylic acids is 1. The summed E-state index contributed by atoms with van der Waals surface area (Å²) < 4.78 is 19.1. The minimum absolute atomic E-state index is 0.0949. The molecule has 0 aliphatic carbocycles. The van der Waals surface area contributed by atoms with Gasteiger partial charge in [-0.2, -0.15) is 10.2 Å². The Morgan fingerprint density at radius 1 is 1.33 bits per heavy atom. The Balaban J connectivity index is 1.70. The summed E-state index contributed by atoms with van der Waals surface area (Å²) >= 11 is 5.90. The zero-order chi connectivity index (χ0) is 19.2. The number of aromatic nitrogens is 2. The normalized spacial score (nSPS) is 10.9. The fraction of sp³-hybridized carbons (Fsp3) is 0.105. The second-order valence-corrected chi connectivity index (χ2v) is 5.87. The first-order chi connectivity index (χ1) is 13.1. The van der Waals surface area contributed by atoms with E-state index in [1.807, 2.05) is 31.2 Å². The van der Waals surface area contributed by atoms with Crippen LogP contribution in [0.4, 0.5) is 4.39 Å². The van der Waals surface area contributed by atoms with Crippen LogP contribution in [0.25, 0.3) is 11.3 Å². The van der Waals surface area contributed by atoms with Crippen LogP contribution in [0.2, 0.25) is 5.02 Å². The maximum atomic E-state index is 13.7. The quantitative estimate of drug-likeness (QED) is 0.496. The highest BCUT2D eigenvalue weighted by Crippen LogP contribution is 2.23. The molecule has 0 aliphatic rings. The molecule has 0 atom stereocenters. The lowest BCUT2D eigenvalue weighted by Crippen LogP contribution is -2.18. The number of benzene rings is 2. The molecule has 8 heteroatoms. The number of carbonyl (C=O) groups is 1. The molecule has 0 fully saturated rings. The summed E-state index contributed by atoms with van der Waals surface area (Å²) in [6.07, 6.45) is 1.15. The Labute approximate surface area is 160 Å². The third kappa shape index (κ3) is 4.51. The van der Waals surface area contributed by atoms with Gasteiger partial charge in [0.15, 0.2) is 0 Å². The fourth-order valence-corrected chi connectivity index (χ4v) is 2.56. The Bertz CT molecular complexity index is 967. The van der Waals surface area contributed by atoms with E-state index in [4.69, 9.17) is 16.3 Å². The average molecular weight is 387 g/mol. The van der Waals surface area contributed by atoms with Gasteiger partial charge in [0.05, 0.1) is 23.5 Å². The lowest BCUT2D eigenvalue weighted by Gasteiger charge is -2.03. The summed E-state index contributed by atoms with van der Waals surface area (Å²) in [5.41, 5.74) is 4.00. The van der Waals surface area contributed by atoms with Crippen molar-refractivity contribution in [1.82, 2.24) is 15.6 Å². The van der Waals surface area contributed by atoms with Gasteiger partial charge in [-0.1, -0.05) is 29.8 Å². The molecule has 2 N–H and O–H groups in total. The van der Waals surface area contributed by atoms with Crippen LogP contribution >= 0.6 is 11.6 Å². The van der Waals surface area contributed by atoms with Crippen molar-refractivity contribution in [3.63, 3.8) is 0 Å². The molecule has 0 aliphatic heterocycles. The number of rotatable bonds is 6. The summed E-state index contributed by atoms with van der Waals surface area (Å²) in [7, 11) is 0. The Kier molecular flexibility index (Phi) is 5.83. The number of nitrogens with zero attached hydrogens (tertiary/aromatic N) is 2. The summed E-state index contributed by atoms with van der Waals surface area (Å²) in [5, 5.41) is 10.7. The van der Waals surface area contributed by atoms with E-state index >= 15 is 0 Å². The molecule has 0 saturated carbocycles. The van der Waals surface area contributed by atoms with Gasteiger partial charge in [-0.25, -0.2) is 9.82 Å². The molecule has 0 unspecified atom stereocenters. The molecule has 3 aromatic rings. The summed E-state index contributed by atoms with van der Waals surface area (Å²) in [6.45, 7) is 2.46. The smallest absolute Gasteiger partial charge is 0.289 e. The standard InChI is InChI=1S/C19H16ClFN4O2/c1-2-27-13-6-3-5-12(9-13)17-10-18(24-23-17)19(26)25-22-11-14-15(20)7-4-8-16(14)21/h3-11H,2H2,1H3,(H,23,24)(H,25,26)/b22-11-. The van der Waals surface area contributed by atoms with Crippen LogP contribution in [0.1, 0.15) is 23.0 Å². The third-order valence-corrected chi connectivity index (χ3v) is 3.95. The lowest BCUT2D eigenvalue weighted by molar-refractivity contribution is 0.0950. The van der Waals surface area contributed by atoms with Crippen molar-refractivity contribution < 1.29 is 13.9 Å². The van der Waals surface area contributed by atoms with E-state index in [-0.39, 0.29) is 16.3 Å². The van der Waals surface area contributed by atoms with E-state index < -0.39 is 11.7 Å². The topological polar surface area (TPSA) is 79.4 Å². The number of amides is 1. The number of hydrazone groups is 1. The molecule has 6 nitrogen and oxygen atoms in total. The van der Waals surface area contributed by atoms with Crippen molar-refractivity contribution in [2.75, 3.05) is 6.61 Å². The van der Waals surface area contributed by atoms with Gasteiger partial charge in [-0.3, -0.25) is 9.89 Å². The Morgan fingerprint density at radius 3 is 2.93 bits per heavy atom. The number of hydrogen-bond donors (Lipinski definition) is 2. The van der Waals surface area contributed by atoms with Gasteiger partial charge in [0.1, 0.15) is 17.3 Å². The first-order valence-corrected chi connectivity index (χ1v) is 8.52.